The van der Waals surface area contributed by atoms with Gasteiger partial charge in [0, 0.05) is 17.9 Å². The van der Waals surface area contributed by atoms with Crippen LogP contribution in [-0.4, -0.2) is 33.4 Å². The van der Waals surface area contributed by atoms with Gasteiger partial charge < -0.3 is 5.11 Å². The molecule has 1 aliphatic carbocycles. The standard InChI is InChI=1S/C21H23NO4S2/c1-13-6-7-15(17(8-13)21(26)14-4-2-3-5-14)9-16(23)10-18-22-11-20(28-18)27-12-19(24)25/h6-8,11,14H,2-5,9-10,12H2,1H3,(H,24,25). The molecule has 1 saturated carbocycles. The quantitative estimate of drug-likeness (QED) is 0.482. The van der Waals surface area contributed by atoms with Gasteiger partial charge in [0.05, 0.1) is 22.6 Å². The molecule has 0 radical (unpaired) electrons. The van der Waals surface area contributed by atoms with Crippen LogP contribution in [-0.2, 0) is 22.4 Å². The number of hydrogen-bond acceptors (Lipinski definition) is 6. The van der Waals surface area contributed by atoms with E-state index >= 15 is 0 Å². The van der Waals surface area contributed by atoms with E-state index in [-0.39, 0.29) is 36.1 Å². The maximum atomic E-state index is 12.9. The van der Waals surface area contributed by atoms with Crippen LogP contribution in [0.25, 0.3) is 0 Å². The molecule has 0 atom stereocenters. The Morgan fingerprint density at radius 1 is 1.21 bits per heavy atom. The van der Waals surface area contributed by atoms with E-state index in [9.17, 15) is 14.4 Å². The molecule has 3 rings (SSSR count). The van der Waals surface area contributed by atoms with Crippen LogP contribution in [0.1, 0.15) is 52.2 Å². The zero-order valence-electron chi connectivity index (χ0n) is 15.8. The number of aliphatic carboxylic acids is 1. The smallest absolute Gasteiger partial charge is 0.313 e. The Balaban J connectivity index is 1.67. The monoisotopic (exact) mass is 417 g/mol. The van der Waals surface area contributed by atoms with Crippen molar-refractivity contribution >= 4 is 40.6 Å². The third-order valence-corrected chi connectivity index (χ3v) is 7.04. The highest BCUT2D eigenvalue weighted by Gasteiger charge is 2.26. The number of thiazole rings is 1. The molecule has 1 N–H and O–H groups in total. The summed E-state index contributed by atoms with van der Waals surface area (Å²) in [6.45, 7) is 1.96. The summed E-state index contributed by atoms with van der Waals surface area (Å²) in [5.74, 6) is -0.636. The molecular weight excluding hydrogens is 394 g/mol. The Morgan fingerprint density at radius 3 is 2.68 bits per heavy atom. The van der Waals surface area contributed by atoms with Crippen molar-refractivity contribution in [1.29, 1.82) is 0 Å². The predicted octanol–water partition coefficient (Wildman–Crippen LogP) is 4.36. The molecule has 1 fully saturated rings. The third kappa shape index (κ3) is 5.52. The first kappa shape index (κ1) is 20.7. The second kappa shape index (κ2) is 9.47. The van der Waals surface area contributed by atoms with E-state index in [2.05, 4.69) is 4.98 Å². The molecule has 1 aromatic carbocycles. The van der Waals surface area contributed by atoms with Gasteiger partial charge in [-0.3, -0.25) is 14.4 Å². The number of benzene rings is 1. The fourth-order valence-corrected chi connectivity index (χ4v) is 5.27. The molecule has 0 amide bonds. The summed E-state index contributed by atoms with van der Waals surface area (Å²) in [5, 5.41) is 9.42. The Bertz CT molecular complexity index is 884. The topological polar surface area (TPSA) is 84.3 Å². The van der Waals surface area contributed by atoms with Crippen LogP contribution in [0.2, 0.25) is 0 Å². The van der Waals surface area contributed by atoms with E-state index in [0.29, 0.717) is 10.6 Å². The van der Waals surface area contributed by atoms with Crippen LogP contribution in [0.4, 0.5) is 0 Å². The third-order valence-electron chi connectivity index (χ3n) is 4.86. The van der Waals surface area contributed by atoms with Crippen molar-refractivity contribution in [1.82, 2.24) is 4.98 Å². The molecule has 1 aliphatic rings. The van der Waals surface area contributed by atoms with Gasteiger partial charge in [-0.15, -0.1) is 23.1 Å². The molecule has 7 heteroatoms. The molecule has 0 bridgehead atoms. The summed E-state index contributed by atoms with van der Waals surface area (Å²) in [4.78, 5) is 40.4. The minimum absolute atomic E-state index is 0.00783. The minimum Gasteiger partial charge on any atom is -0.481 e. The fourth-order valence-electron chi connectivity index (χ4n) is 3.50. The molecule has 0 aliphatic heterocycles. The van der Waals surface area contributed by atoms with Gasteiger partial charge in [0.2, 0.25) is 0 Å². The average molecular weight is 418 g/mol. The number of carboxylic acid groups (broad SMARTS) is 1. The van der Waals surface area contributed by atoms with Crippen molar-refractivity contribution in [2.45, 2.75) is 49.7 Å². The number of rotatable bonds is 9. The largest absolute Gasteiger partial charge is 0.481 e. The fraction of sp³-hybridized carbons (Fsp3) is 0.429. The Morgan fingerprint density at radius 2 is 1.96 bits per heavy atom. The number of thioether (sulfide) groups is 1. The van der Waals surface area contributed by atoms with E-state index in [4.69, 9.17) is 5.11 Å². The number of Topliss-reactive ketones (excluding diaryl/α,β-unsaturated/α-hetero) is 2. The summed E-state index contributed by atoms with van der Waals surface area (Å²) in [7, 11) is 0. The number of carboxylic acids is 1. The van der Waals surface area contributed by atoms with Gasteiger partial charge in [0.25, 0.3) is 0 Å². The van der Waals surface area contributed by atoms with Gasteiger partial charge in [-0.05, 0) is 31.4 Å². The summed E-state index contributed by atoms with van der Waals surface area (Å²) in [6, 6.07) is 5.75. The molecule has 1 aromatic heterocycles. The Hall–Kier alpha value is -1.99. The second-order valence-corrected chi connectivity index (χ2v) is 9.54. The van der Waals surface area contributed by atoms with Gasteiger partial charge in [0.15, 0.2) is 5.78 Å². The number of nitrogens with zero attached hydrogens (tertiary/aromatic N) is 1. The number of carbonyl (C=O) groups is 3. The zero-order chi connectivity index (χ0) is 20.1. The maximum absolute atomic E-state index is 12.9. The molecule has 5 nitrogen and oxygen atoms in total. The molecule has 148 valence electrons. The van der Waals surface area contributed by atoms with E-state index in [1.807, 2.05) is 25.1 Å². The highest BCUT2D eigenvalue weighted by atomic mass is 32.2. The predicted molar refractivity (Wildman–Crippen MR) is 110 cm³/mol. The highest BCUT2D eigenvalue weighted by Crippen LogP contribution is 2.30. The number of hydrogen-bond donors (Lipinski definition) is 1. The van der Waals surface area contributed by atoms with E-state index in [1.165, 1.54) is 23.1 Å². The van der Waals surface area contributed by atoms with E-state index < -0.39 is 5.97 Å². The Labute approximate surface area is 172 Å². The van der Waals surface area contributed by atoms with Crippen molar-refractivity contribution in [3.8, 4) is 0 Å². The first-order chi connectivity index (χ1) is 13.4. The maximum Gasteiger partial charge on any atom is 0.313 e. The van der Waals surface area contributed by atoms with E-state index in [1.54, 1.807) is 6.20 Å². The van der Waals surface area contributed by atoms with Crippen LogP contribution in [0.15, 0.2) is 28.6 Å². The number of carbonyl (C=O) groups excluding carboxylic acids is 2. The molecule has 2 aromatic rings. The summed E-state index contributed by atoms with van der Waals surface area (Å²) < 4.78 is 0.789. The average Bonchev–Trinajstić information content (AvgIpc) is 3.33. The Kier molecular flexibility index (Phi) is 7.02. The second-order valence-electron chi connectivity index (χ2n) is 7.15. The van der Waals surface area contributed by atoms with Gasteiger partial charge in [0.1, 0.15) is 10.8 Å². The van der Waals surface area contributed by atoms with Crippen molar-refractivity contribution in [2.75, 3.05) is 5.75 Å². The van der Waals surface area contributed by atoms with Crippen LogP contribution >= 0.6 is 23.1 Å². The van der Waals surface area contributed by atoms with Crippen LogP contribution in [0, 0.1) is 12.8 Å². The molecule has 0 saturated heterocycles. The number of ketones is 2. The van der Waals surface area contributed by atoms with Gasteiger partial charge in [-0.1, -0.05) is 30.5 Å². The lowest BCUT2D eigenvalue weighted by atomic mass is 9.90. The van der Waals surface area contributed by atoms with Gasteiger partial charge >= 0.3 is 5.97 Å². The molecule has 0 unspecified atom stereocenters. The normalized spacial score (nSPS) is 14.3. The first-order valence-electron chi connectivity index (χ1n) is 9.37. The highest BCUT2D eigenvalue weighted by molar-refractivity contribution is 8.01. The lowest BCUT2D eigenvalue weighted by Gasteiger charge is -2.13. The molecule has 0 spiro atoms. The molecule has 1 heterocycles. The van der Waals surface area contributed by atoms with Crippen molar-refractivity contribution in [3.05, 3.63) is 46.1 Å². The summed E-state index contributed by atoms with van der Waals surface area (Å²) >= 11 is 2.55. The van der Waals surface area contributed by atoms with Crippen LogP contribution in [0.5, 0.6) is 0 Å². The summed E-state index contributed by atoms with van der Waals surface area (Å²) in [6.07, 6.45) is 6.11. The van der Waals surface area contributed by atoms with Crippen LogP contribution < -0.4 is 0 Å². The minimum atomic E-state index is -0.880. The lowest BCUT2D eigenvalue weighted by molar-refractivity contribution is -0.133. The number of aromatic nitrogens is 1. The molecular formula is C21H23NO4S2. The van der Waals surface area contributed by atoms with Gasteiger partial charge in [-0.2, -0.15) is 0 Å². The van der Waals surface area contributed by atoms with Crippen molar-refractivity contribution in [2.24, 2.45) is 5.92 Å². The van der Waals surface area contributed by atoms with Crippen molar-refractivity contribution < 1.29 is 19.5 Å². The first-order valence-corrected chi connectivity index (χ1v) is 11.2. The van der Waals surface area contributed by atoms with Gasteiger partial charge in [-0.25, -0.2) is 4.98 Å². The number of aryl methyl sites for hydroxylation is 1. The summed E-state index contributed by atoms with van der Waals surface area (Å²) in [5.41, 5.74) is 2.51. The van der Waals surface area contributed by atoms with E-state index in [0.717, 1.165) is 41.0 Å². The van der Waals surface area contributed by atoms with Crippen molar-refractivity contribution in [3.63, 3.8) is 0 Å². The lowest BCUT2D eigenvalue weighted by Crippen LogP contribution is -2.16. The SMILES string of the molecule is Cc1ccc(CC(=O)Cc2ncc(SCC(=O)O)s2)c(C(=O)C2CCCC2)c1. The molecule has 28 heavy (non-hydrogen) atoms. The van der Waals surface area contributed by atoms with Crippen LogP contribution in [0.3, 0.4) is 0 Å². The zero-order valence-corrected chi connectivity index (χ0v) is 17.4.